The Balaban J connectivity index is 1.94. The van der Waals surface area contributed by atoms with Gasteiger partial charge in [-0.1, -0.05) is 13.8 Å². The summed E-state index contributed by atoms with van der Waals surface area (Å²) < 4.78 is 5.74. The highest BCUT2D eigenvalue weighted by molar-refractivity contribution is 5.79. The van der Waals surface area contributed by atoms with E-state index in [1.165, 1.54) is 0 Å². The quantitative estimate of drug-likeness (QED) is 0.845. The van der Waals surface area contributed by atoms with Crippen molar-refractivity contribution in [2.24, 2.45) is 17.1 Å². The van der Waals surface area contributed by atoms with E-state index in [-0.39, 0.29) is 29.4 Å². The molecule has 2 fully saturated rings. The van der Waals surface area contributed by atoms with Crippen molar-refractivity contribution in [1.29, 1.82) is 0 Å². The van der Waals surface area contributed by atoms with Crippen LogP contribution in [0.25, 0.3) is 0 Å². The highest BCUT2D eigenvalue weighted by Gasteiger charge is 2.52. The first-order chi connectivity index (χ1) is 8.87. The van der Waals surface area contributed by atoms with E-state index in [0.29, 0.717) is 6.04 Å². The average Bonchev–Trinajstić information content (AvgIpc) is 2.79. The molecule has 2 aliphatic carbocycles. The van der Waals surface area contributed by atoms with Gasteiger partial charge in [-0.05, 0) is 32.6 Å². The number of nitrogens with zero attached hydrogens (tertiary/aromatic N) is 1. The van der Waals surface area contributed by atoms with Gasteiger partial charge < -0.3 is 15.4 Å². The Bertz CT molecular complexity index is 343. The van der Waals surface area contributed by atoms with Crippen LogP contribution in [0.3, 0.4) is 0 Å². The van der Waals surface area contributed by atoms with Gasteiger partial charge in [-0.2, -0.15) is 0 Å². The molecule has 4 atom stereocenters. The molecule has 0 unspecified atom stereocenters. The summed E-state index contributed by atoms with van der Waals surface area (Å²) in [5, 5.41) is 0. The summed E-state index contributed by atoms with van der Waals surface area (Å²) in [4.78, 5) is 14.5. The van der Waals surface area contributed by atoms with E-state index in [9.17, 15) is 4.79 Å². The standard InChI is InChI=1S/C15H28N2O2/c1-5-19-13-9-12(15(13,2)3)17(4)14(18)10-6-7-11(16)8-10/h10-13H,5-9,16H2,1-4H3/t10-,11+,12-,13+/m0/s1. The maximum Gasteiger partial charge on any atom is 0.225 e. The van der Waals surface area contributed by atoms with Crippen LogP contribution < -0.4 is 5.73 Å². The molecule has 0 aromatic carbocycles. The minimum atomic E-state index is 0.0567. The van der Waals surface area contributed by atoms with E-state index < -0.39 is 0 Å². The molecule has 0 aromatic heterocycles. The molecule has 4 nitrogen and oxygen atoms in total. The molecule has 0 radical (unpaired) electrons. The normalized spacial score (nSPS) is 36.9. The predicted molar refractivity (Wildman–Crippen MR) is 75.7 cm³/mol. The van der Waals surface area contributed by atoms with Crippen molar-refractivity contribution in [3.8, 4) is 0 Å². The molecule has 0 heterocycles. The smallest absolute Gasteiger partial charge is 0.225 e. The number of hydrogen-bond acceptors (Lipinski definition) is 3. The molecular weight excluding hydrogens is 240 g/mol. The fourth-order valence-corrected chi connectivity index (χ4v) is 3.69. The lowest BCUT2D eigenvalue weighted by Gasteiger charge is -2.55. The van der Waals surface area contributed by atoms with E-state index in [1.54, 1.807) is 0 Å². The second-order valence-corrected chi connectivity index (χ2v) is 6.74. The molecule has 2 N–H and O–H groups in total. The summed E-state index contributed by atoms with van der Waals surface area (Å²) in [5.74, 6) is 0.419. The van der Waals surface area contributed by atoms with Crippen LogP contribution in [0.1, 0.15) is 46.5 Å². The van der Waals surface area contributed by atoms with E-state index in [2.05, 4.69) is 13.8 Å². The number of carbonyl (C=O) groups excluding carboxylic acids is 1. The lowest BCUT2D eigenvalue weighted by molar-refractivity contribution is -0.166. The lowest BCUT2D eigenvalue weighted by Crippen LogP contribution is -2.62. The molecule has 110 valence electrons. The SMILES string of the molecule is CCO[C@@H]1C[C@H](N(C)C(=O)[C@H]2CC[C@@H](N)C2)C1(C)C. The van der Waals surface area contributed by atoms with Crippen LogP contribution in [0.4, 0.5) is 0 Å². The molecule has 1 amide bonds. The monoisotopic (exact) mass is 268 g/mol. The van der Waals surface area contributed by atoms with E-state index in [0.717, 1.165) is 32.3 Å². The van der Waals surface area contributed by atoms with Crippen molar-refractivity contribution in [3.63, 3.8) is 0 Å². The number of carbonyl (C=O) groups is 1. The minimum absolute atomic E-state index is 0.0567. The summed E-state index contributed by atoms with van der Waals surface area (Å²) in [5.41, 5.74) is 5.97. The average molecular weight is 268 g/mol. The largest absolute Gasteiger partial charge is 0.378 e. The highest BCUT2D eigenvalue weighted by atomic mass is 16.5. The van der Waals surface area contributed by atoms with Crippen LogP contribution in [0.2, 0.25) is 0 Å². The first kappa shape index (κ1) is 14.8. The molecule has 0 bridgehead atoms. The maximum atomic E-state index is 12.5. The predicted octanol–water partition coefficient (Wildman–Crippen LogP) is 1.78. The molecular formula is C15H28N2O2. The highest BCUT2D eigenvalue weighted by Crippen LogP contribution is 2.46. The van der Waals surface area contributed by atoms with Crippen molar-refractivity contribution in [1.82, 2.24) is 4.90 Å². The lowest BCUT2D eigenvalue weighted by atomic mass is 9.63. The van der Waals surface area contributed by atoms with Crippen LogP contribution in [0.15, 0.2) is 0 Å². The first-order valence-corrected chi connectivity index (χ1v) is 7.51. The molecule has 4 heteroatoms. The second-order valence-electron chi connectivity index (χ2n) is 6.74. The summed E-state index contributed by atoms with van der Waals surface area (Å²) in [6.45, 7) is 7.17. The van der Waals surface area contributed by atoms with E-state index in [4.69, 9.17) is 10.5 Å². The third kappa shape index (κ3) is 2.65. The first-order valence-electron chi connectivity index (χ1n) is 7.51. The molecule has 0 saturated heterocycles. The fourth-order valence-electron chi connectivity index (χ4n) is 3.69. The van der Waals surface area contributed by atoms with E-state index >= 15 is 0 Å². The third-order valence-electron chi connectivity index (χ3n) is 5.13. The Morgan fingerprint density at radius 2 is 2.05 bits per heavy atom. The van der Waals surface area contributed by atoms with Crippen molar-refractivity contribution in [2.75, 3.05) is 13.7 Å². The van der Waals surface area contributed by atoms with Crippen LogP contribution in [-0.4, -0.2) is 42.6 Å². The van der Waals surface area contributed by atoms with E-state index in [1.807, 2.05) is 18.9 Å². The summed E-state index contributed by atoms with van der Waals surface area (Å²) in [7, 11) is 1.95. The van der Waals surface area contributed by atoms with Crippen molar-refractivity contribution < 1.29 is 9.53 Å². The van der Waals surface area contributed by atoms with Gasteiger partial charge in [-0.3, -0.25) is 4.79 Å². The van der Waals surface area contributed by atoms with Crippen LogP contribution in [0, 0.1) is 11.3 Å². The molecule has 2 rings (SSSR count). The topological polar surface area (TPSA) is 55.6 Å². The summed E-state index contributed by atoms with van der Waals surface area (Å²) >= 11 is 0. The van der Waals surface area contributed by atoms with Gasteiger partial charge in [0.05, 0.1) is 6.10 Å². The molecule has 0 aromatic rings. The summed E-state index contributed by atoms with van der Waals surface area (Å²) in [6.07, 6.45) is 4.03. The maximum absolute atomic E-state index is 12.5. The Hall–Kier alpha value is -0.610. The minimum Gasteiger partial charge on any atom is -0.378 e. The van der Waals surface area contributed by atoms with Gasteiger partial charge in [0.1, 0.15) is 0 Å². The van der Waals surface area contributed by atoms with Crippen molar-refractivity contribution in [3.05, 3.63) is 0 Å². The number of amides is 1. The Labute approximate surface area is 116 Å². The van der Waals surface area contributed by atoms with Gasteiger partial charge in [0, 0.05) is 37.1 Å². The zero-order chi connectivity index (χ0) is 14.2. The Kier molecular flexibility index (Phi) is 4.21. The van der Waals surface area contributed by atoms with Gasteiger partial charge in [0.15, 0.2) is 0 Å². The van der Waals surface area contributed by atoms with Crippen LogP contribution in [-0.2, 0) is 9.53 Å². The van der Waals surface area contributed by atoms with Crippen molar-refractivity contribution >= 4 is 5.91 Å². The summed E-state index contributed by atoms with van der Waals surface area (Å²) in [6, 6.07) is 0.515. The molecule has 2 saturated carbocycles. The van der Waals surface area contributed by atoms with Crippen LogP contribution >= 0.6 is 0 Å². The molecule has 19 heavy (non-hydrogen) atoms. The number of rotatable bonds is 4. The Morgan fingerprint density at radius 3 is 2.53 bits per heavy atom. The van der Waals surface area contributed by atoms with Gasteiger partial charge >= 0.3 is 0 Å². The molecule has 2 aliphatic rings. The van der Waals surface area contributed by atoms with Crippen LogP contribution in [0.5, 0.6) is 0 Å². The second kappa shape index (κ2) is 5.41. The molecule has 0 aliphatic heterocycles. The number of ether oxygens (including phenoxy) is 1. The molecule has 0 spiro atoms. The van der Waals surface area contributed by atoms with Gasteiger partial charge in [-0.15, -0.1) is 0 Å². The van der Waals surface area contributed by atoms with Crippen molar-refractivity contribution in [2.45, 2.75) is 64.6 Å². The van der Waals surface area contributed by atoms with Gasteiger partial charge in [-0.25, -0.2) is 0 Å². The number of nitrogens with two attached hydrogens (primary N) is 1. The van der Waals surface area contributed by atoms with Gasteiger partial charge in [0.2, 0.25) is 5.91 Å². The zero-order valence-electron chi connectivity index (χ0n) is 12.7. The number of hydrogen-bond donors (Lipinski definition) is 1. The Morgan fingerprint density at radius 1 is 1.37 bits per heavy atom. The van der Waals surface area contributed by atoms with Gasteiger partial charge in [0.25, 0.3) is 0 Å². The zero-order valence-corrected chi connectivity index (χ0v) is 12.7. The fraction of sp³-hybridized carbons (Fsp3) is 0.933. The third-order valence-corrected chi connectivity index (χ3v) is 5.13.